The topological polar surface area (TPSA) is 201 Å². The summed E-state index contributed by atoms with van der Waals surface area (Å²) < 4.78 is 69.0. The highest BCUT2D eigenvalue weighted by molar-refractivity contribution is 6.13. The fraction of sp³-hybridized carbons (Fsp3) is 0.571. The van der Waals surface area contributed by atoms with E-state index in [0.29, 0.717) is 71.1 Å². The summed E-state index contributed by atoms with van der Waals surface area (Å²) in [4.78, 5) is 75.2. The van der Waals surface area contributed by atoms with Gasteiger partial charge in [-0.25, -0.2) is 8.78 Å². The van der Waals surface area contributed by atoms with Crippen molar-refractivity contribution in [1.29, 1.82) is 0 Å². The molecule has 396 valence electrons. The number of nitrogens with zero attached hydrogens (tertiary/aromatic N) is 1. The Balaban J connectivity index is 0.00000780. The molecule has 3 saturated carbocycles. The van der Waals surface area contributed by atoms with Gasteiger partial charge in [-0.15, -0.1) is 0 Å². The Morgan fingerprint density at radius 2 is 1.42 bits per heavy atom. The van der Waals surface area contributed by atoms with Crippen LogP contribution in [0.1, 0.15) is 94.8 Å². The molecule has 73 heavy (non-hydrogen) atoms. The number of rotatable bonds is 26. The van der Waals surface area contributed by atoms with E-state index in [1.165, 1.54) is 31.2 Å². The van der Waals surface area contributed by atoms with Gasteiger partial charge < -0.3 is 38.6 Å². The Bertz CT molecular complexity index is 2440. The van der Waals surface area contributed by atoms with Gasteiger partial charge in [0.2, 0.25) is 0 Å². The molecule has 15 nitrogen and oxygen atoms in total. The molecular weight excluding hydrogens is 949 g/mol. The SMILES string of the molecule is C.C[C@]12C=CC(=O)C=C1[C@@H](F)C[C@H]1[C@@H]3C[C@H]4O[C@@H](c5ccc(Cc6cccc(CC(=O)CCOCCOCCOCCOCCCC(=O)CCN7C(=O)C=CC7=O)c6)cc5)O[C@@]4(C(=O)CO)[C@@]3(C)C[C@H](O)[C@@]12F. The molecule has 8 rings (SSSR count). The molecule has 0 spiro atoms. The third-order valence-corrected chi connectivity index (χ3v) is 15.9. The molecular formula is C56H69F2NO14. The second-order valence-corrected chi connectivity index (χ2v) is 20.2. The summed E-state index contributed by atoms with van der Waals surface area (Å²) in [7, 11) is 0. The number of ether oxygens (including phenoxy) is 6. The number of ketones is 4. The number of Topliss-reactive ketones (excluding diaryl/α,β-unsaturated/α-hetero) is 3. The van der Waals surface area contributed by atoms with E-state index in [4.69, 9.17) is 28.4 Å². The Kier molecular flexibility index (Phi) is 18.1. The lowest BCUT2D eigenvalue weighted by Crippen LogP contribution is -2.70. The first kappa shape index (κ1) is 55.8. The number of imide groups is 1. The zero-order valence-corrected chi connectivity index (χ0v) is 40.9. The predicted octanol–water partition coefficient (Wildman–Crippen LogP) is 5.79. The van der Waals surface area contributed by atoms with Gasteiger partial charge in [0, 0.05) is 73.3 Å². The minimum Gasteiger partial charge on any atom is -0.390 e. The summed E-state index contributed by atoms with van der Waals surface area (Å²) in [6.07, 6.45) is 2.69. The summed E-state index contributed by atoms with van der Waals surface area (Å²) >= 11 is 0. The summed E-state index contributed by atoms with van der Waals surface area (Å²) in [6, 6.07) is 15.4. The van der Waals surface area contributed by atoms with Gasteiger partial charge in [-0.2, -0.15) is 0 Å². The molecule has 0 bridgehead atoms. The van der Waals surface area contributed by atoms with Gasteiger partial charge in [-0.1, -0.05) is 69.0 Å². The molecule has 2 N–H and O–H groups in total. The monoisotopic (exact) mass is 1020 g/mol. The molecule has 10 atom stereocenters. The zero-order chi connectivity index (χ0) is 51.3. The average Bonchev–Trinajstić information content (AvgIpc) is 3.98. The van der Waals surface area contributed by atoms with Crippen LogP contribution in [-0.4, -0.2) is 146 Å². The van der Waals surface area contributed by atoms with Crippen LogP contribution in [0.3, 0.4) is 0 Å². The highest BCUT2D eigenvalue weighted by Gasteiger charge is 2.80. The van der Waals surface area contributed by atoms with Crippen LogP contribution in [0.5, 0.6) is 0 Å². The molecule has 1 saturated heterocycles. The van der Waals surface area contributed by atoms with E-state index >= 15 is 8.78 Å². The van der Waals surface area contributed by atoms with E-state index < -0.39 is 88.6 Å². The molecule has 2 aromatic rings. The van der Waals surface area contributed by atoms with E-state index in [-0.39, 0.29) is 76.2 Å². The number of benzene rings is 2. The fourth-order valence-electron chi connectivity index (χ4n) is 12.2. The second-order valence-electron chi connectivity index (χ2n) is 20.2. The lowest BCUT2D eigenvalue weighted by molar-refractivity contribution is -0.235. The smallest absolute Gasteiger partial charge is 0.253 e. The number of amides is 2. The van der Waals surface area contributed by atoms with Gasteiger partial charge in [0.1, 0.15) is 24.3 Å². The minimum atomic E-state index is -2.33. The molecule has 4 aliphatic carbocycles. The van der Waals surface area contributed by atoms with Crippen LogP contribution in [0.15, 0.2) is 84.5 Å². The highest BCUT2D eigenvalue weighted by Crippen LogP contribution is 2.72. The van der Waals surface area contributed by atoms with Crippen LogP contribution >= 0.6 is 0 Å². The van der Waals surface area contributed by atoms with Crippen LogP contribution in [0.4, 0.5) is 8.78 Å². The third-order valence-electron chi connectivity index (χ3n) is 15.9. The van der Waals surface area contributed by atoms with Gasteiger partial charge in [0.05, 0.1) is 58.5 Å². The lowest BCUT2D eigenvalue weighted by Gasteiger charge is -2.63. The maximum atomic E-state index is 17.8. The third kappa shape index (κ3) is 11.2. The van der Waals surface area contributed by atoms with E-state index in [9.17, 15) is 39.0 Å². The summed E-state index contributed by atoms with van der Waals surface area (Å²) in [5.74, 6) is -3.53. The lowest BCUT2D eigenvalue weighted by atomic mass is 9.44. The van der Waals surface area contributed by atoms with E-state index in [1.807, 2.05) is 48.5 Å². The number of hydrogen-bond acceptors (Lipinski definition) is 14. The number of aliphatic hydroxyl groups is 2. The van der Waals surface area contributed by atoms with Crippen LogP contribution < -0.4 is 0 Å². The fourth-order valence-corrected chi connectivity index (χ4v) is 12.2. The number of halogens is 2. The van der Waals surface area contributed by atoms with Crippen molar-refractivity contribution in [3.05, 3.63) is 107 Å². The Morgan fingerprint density at radius 3 is 2.10 bits per heavy atom. The predicted molar refractivity (Wildman–Crippen MR) is 261 cm³/mol. The zero-order valence-electron chi connectivity index (χ0n) is 40.9. The minimum absolute atomic E-state index is 0. The molecule has 2 aliphatic heterocycles. The van der Waals surface area contributed by atoms with Gasteiger partial charge >= 0.3 is 0 Å². The standard InChI is InChI=1S/C55H65F2NO14.CH4/c1-52-17-14-40(61)30-44(52)45(56)31-43-42-32-48-55(47(64)34-59,53(42,2)33-46(63)54(43,52)57)72-51(71-48)38-10-8-35(9-11-38)27-36-5-3-6-37(28-36)29-41(62)16-20-68-22-24-70-26-25-69-23-21-67-19-4-7-39(60)15-18-58-49(65)12-13-50(58)66;/h3,5-6,8-14,17,28,30,42-43,45-46,48,51,59,63H,4,7,15-16,18-27,29,31-34H2,1-2H3;1H4/t42-,43-,45-,46-,48+,51+,52-,53-,54-,55+;/m0./s1. The molecule has 0 radical (unpaired) electrons. The van der Waals surface area contributed by atoms with Crippen molar-refractivity contribution in [1.82, 2.24) is 4.90 Å². The summed E-state index contributed by atoms with van der Waals surface area (Å²) in [5.41, 5.74) is -3.36. The maximum absolute atomic E-state index is 17.8. The van der Waals surface area contributed by atoms with E-state index in [0.717, 1.165) is 27.7 Å². The quantitative estimate of drug-likeness (QED) is 0.0848. The first-order valence-electron chi connectivity index (χ1n) is 25.0. The first-order chi connectivity index (χ1) is 34.5. The number of fused-ring (bicyclic) bond motifs is 7. The van der Waals surface area contributed by atoms with Crippen LogP contribution in [0.2, 0.25) is 0 Å². The average molecular weight is 1020 g/mol. The van der Waals surface area contributed by atoms with E-state index in [1.54, 1.807) is 6.92 Å². The van der Waals surface area contributed by atoms with Gasteiger partial charge in [-0.3, -0.25) is 33.7 Å². The van der Waals surface area contributed by atoms with Crippen molar-refractivity contribution in [2.45, 2.75) is 115 Å². The molecule has 4 fully saturated rings. The van der Waals surface area contributed by atoms with Gasteiger partial charge in [0.15, 0.2) is 29.1 Å². The van der Waals surface area contributed by atoms with E-state index in [2.05, 4.69) is 0 Å². The molecule has 17 heteroatoms. The molecule has 2 heterocycles. The number of aliphatic hydroxyl groups excluding tert-OH is 2. The Hall–Kier alpha value is -4.98. The highest BCUT2D eigenvalue weighted by atomic mass is 19.1. The van der Waals surface area contributed by atoms with Gasteiger partial charge in [0.25, 0.3) is 11.8 Å². The molecule has 0 unspecified atom stereocenters. The maximum Gasteiger partial charge on any atom is 0.253 e. The largest absolute Gasteiger partial charge is 0.390 e. The van der Waals surface area contributed by atoms with Crippen molar-refractivity contribution >= 4 is 34.9 Å². The Morgan fingerprint density at radius 1 is 0.781 bits per heavy atom. The van der Waals surface area contributed by atoms with Crippen molar-refractivity contribution < 1.29 is 76.2 Å². The van der Waals surface area contributed by atoms with Crippen LogP contribution in [-0.2, 0) is 70.0 Å². The molecule has 2 aromatic carbocycles. The van der Waals surface area contributed by atoms with Crippen LogP contribution in [0.25, 0.3) is 0 Å². The van der Waals surface area contributed by atoms with Gasteiger partial charge in [-0.05, 0) is 79.4 Å². The number of allylic oxidation sites excluding steroid dienone is 4. The second kappa shape index (κ2) is 23.7. The molecule has 2 amide bonds. The Labute approximate surface area is 425 Å². The summed E-state index contributed by atoms with van der Waals surface area (Å²) in [6.45, 7) is 5.37. The molecule has 6 aliphatic rings. The number of hydrogen-bond donors (Lipinski definition) is 2. The number of alkyl halides is 2. The molecule has 0 aromatic heterocycles. The number of carbonyl (C=O) groups is 6. The number of carbonyl (C=O) groups excluding carboxylic acids is 6. The van der Waals surface area contributed by atoms with Crippen molar-refractivity contribution in [2.75, 3.05) is 66.0 Å². The summed E-state index contributed by atoms with van der Waals surface area (Å²) in [5, 5.41) is 22.1. The van der Waals surface area contributed by atoms with Crippen molar-refractivity contribution in [2.24, 2.45) is 22.7 Å². The van der Waals surface area contributed by atoms with Crippen molar-refractivity contribution in [3.8, 4) is 0 Å². The first-order valence-corrected chi connectivity index (χ1v) is 25.0. The van der Waals surface area contributed by atoms with Crippen LogP contribution in [0, 0.1) is 22.7 Å². The normalized spacial score (nSPS) is 30.9. The van der Waals surface area contributed by atoms with Crippen molar-refractivity contribution in [3.63, 3.8) is 0 Å².